The van der Waals surface area contributed by atoms with E-state index < -0.39 is 5.60 Å². The van der Waals surface area contributed by atoms with Gasteiger partial charge in [0.25, 0.3) is 0 Å². The van der Waals surface area contributed by atoms with Crippen LogP contribution in [-0.2, 0) is 16.6 Å². The second-order valence-electron chi connectivity index (χ2n) is 12.1. The summed E-state index contributed by atoms with van der Waals surface area (Å²) in [5.41, 5.74) is 5.07. The summed E-state index contributed by atoms with van der Waals surface area (Å²) in [4.78, 5) is 19.2. The van der Waals surface area contributed by atoms with E-state index in [4.69, 9.17) is 9.72 Å². The highest BCUT2D eigenvalue weighted by molar-refractivity contribution is 7.99. The fourth-order valence-corrected chi connectivity index (χ4v) is 6.29. The summed E-state index contributed by atoms with van der Waals surface area (Å²) < 4.78 is 21.6. The molecule has 0 bridgehead atoms. The fraction of sp³-hybridized carbons (Fsp3) is 0.500. The summed E-state index contributed by atoms with van der Waals surface area (Å²) in [7, 11) is 0. The maximum atomic E-state index is 13.9. The van der Waals surface area contributed by atoms with Crippen LogP contribution < -0.4 is 0 Å². The Morgan fingerprint density at radius 2 is 1.74 bits per heavy atom. The Kier molecular flexibility index (Phi) is 8.79. The fourth-order valence-electron chi connectivity index (χ4n) is 5.11. The van der Waals surface area contributed by atoms with Crippen molar-refractivity contribution in [3.8, 4) is 5.69 Å². The first kappa shape index (κ1) is 29.2. The molecular formula is C32H42FN3O2S. The van der Waals surface area contributed by atoms with Crippen molar-refractivity contribution in [2.45, 2.75) is 83.9 Å². The summed E-state index contributed by atoms with van der Waals surface area (Å²) in [6, 6.07) is 13.4. The molecule has 0 N–H and O–H groups in total. The zero-order valence-electron chi connectivity index (χ0n) is 24.4. The van der Waals surface area contributed by atoms with Crippen LogP contribution in [0.1, 0.15) is 76.8 Å². The highest BCUT2D eigenvalue weighted by atomic mass is 32.2. The van der Waals surface area contributed by atoms with Crippen molar-refractivity contribution in [2.75, 3.05) is 18.8 Å². The summed E-state index contributed by atoms with van der Waals surface area (Å²) in [5, 5.41) is 0.905. The summed E-state index contributed by atoms with van der Waals surface area (Å²) in [5.74, 6) is 1.13. The van der Waals surface area contributed by atoms with Gasteiger partial charge in [-0.05, 0) is 93.8 Å². The molecule has 1 amide bonds. The Bertz CT molecular complexity index is 1290. The van der Waals surface area contributed by atoms with Crippen LogP contribution in [0.25, 0.3) is 5.69 Å². The number of carbonyl (C=O) groups excluding carboxylic acids is 1. The Morgan fingerprint density at radius 3 is 2.36 bits per heavy atom. The molecule has 2 heterocycles. The van der Waals surface area contributed by atoms with Gasteiger partial charge in [-0.25, -0.2) is 14.2 Å². The van der Waals surface area contributed by atoms with Crippen LogP contribution in [-0.4, -0.2) is 45.0 Å². The molecule has 0 saturated carbocycles. The van der Waals surface area contributed by atoms with Gasteiger partial charge in [0.05, 0.1) is 11.9 Å². The molecule has 3 aromatic rings. The molecule has 39 heavy (non-hydrogen) atoms. The van der Waals surface area contributed by atoms with E-state index in [0.717, 1.165) is 41.6 Å². The molecule has 1 fully saturated rings. The van der Waals surface area contributed by atoms with Gasteiger partial charge >= 0.3 is 6.09 Å². The van der Waals surface area contributed by atoms with Gasteiger partial charge in [0.2, 0.25) is 0 Å². The molecule has 0 unspecified atom stereocenters. The van der Waals surface area contributed by atoms with E-state index in [9.17, 15) is 9.18 Å². The molecular weight excluding hydrogens is 509 g/mol. The highest BCUT2D eigenvalue weighted by Gasteiger charge is 2.31. The van der Waals surface area contributed by atoms with E-state index in [1.165, 1.54) is 28.8 Å². The van der Waals surface area contributed by atoms with Crippen molar-refractivity contribution in [3.05, 3.63) is 76.9 Å². The maximum Gasteiger partial charge on any atom is 0.410 e. The monoisotopic (exact) mass is 551 g/mol. The number of aromatic nitrogens is 2. The summed E-state index contributed by atoms with van der Waals surface area (Å²) >= 11 is 1.74. The average molecular weight is 552 g/mol. The van der Waals surface area contributed by atoms with Gasteiger partial charge in [-0.3, -0.25) is 4.57 Å². The number of halogens is 1. The van der Waals surface area contributed by atoms with Crippen molar-refractivity contribution >= 4 is 17.9 Å². The zero-order valence-corrected chi connectivity index (χ0v) is 25.2. The van der Waals surface area contributed by atoms with E-state index in [0.29, 0.717) is 19.0 Å². The molecule has 210 valence electrons. The number of thioether (sulfide) groups is 1. The largest absolute Gasteiger partial charge is 0.444 e. The van der Waals surface area contributed by atoms with Gasteiger partial charge in [-0.2, -0.15) is 0 Å². The Balaban J connectivity index is 1.55. The molecule has 4 rings (SSSR count). The summed E-state index contributed by atoms with van der Waals surface area (Å²) in [6.45, 7) is 15.9. The lowest BCUT2D eigenvalue weighted by Gasteiger charge is -2.33. The van der Waals surface area contributed by atoms with Crippen molar-refractivity contribution < 1.29 is 13.9 Å². The van der Waals surface area contributed by atoms with Crippen LogP contribution in [0.5, 0.6) is 0 Å². The number of rotatable bonds is 7. The van der Waals surface area contributed by atoms with Crippen molar-refractivity contribution in [2.24, 2.45) is 5.92 Å². The van der Waals surface area contributed by atoms with E-state index in [2.05, 4.69) is 50.5 Å². The average Bonchev–Trinajstić information content (AvgIpc) is 3.32. The minimum absolute atomic E-state index is 0.227. The SMILES string of the molecule is CCc1cc(C(C)(C)c2cnc(SCC3CCN(C(=O)OC(C)(C)C)CC3)n2-c2ccc(F)cc2)ccc1C. The van der Waals surface area contributed by atoms with E-state index in [1.807, 2.05) is 44.0 Å². The smallest absolute Gasteiger partial charge is 0.410 e. The van der Waals surface area contributed by atoms with Crippen LogP contribution in [0.2, 0.25) is 0 Å². The number of amides is 1. The minimum atomic E-state index is -0.483. The van der Waals surface area contributed by atoms with Gasteiger partial charge in [0, 0.05) is 29.9 Å². The molecule has 1 aliphatic rings. The van der Waals surface area contributed by atoms with Gasteiger partial charge in [0.15, 0.2) is 5.16 Å². The lowest BCUT2D eigenvalue weighted by atomic mass is 9.80. The summed E-state index contributed by atoms with van der Waals surface area (Å²) in [6.07, 6.45) is 4.61. The molecule has 0 aliphatic carbocycles. The Labute approximate surface area is 237 Å². The van der Waals surface area contributed by atoms with Gasteiger partial charge in [0.1, 0.15) is 11.4 Å². The number of nitrogens with zero attached hydrogens (tertiary/aromatic N) is 3. The van der Waals surface area contributed by atoms with Gasteiger partial charge in [-0.15, -0.1) is 0 Å². The first-order valence-electron chi connectivity index (χ1n) is 13.9. The number of likely N-dealkylation sites (tertiary alicyclic amines) is 1. The third kappa shape index (κ3) is 6.86. The third-order valence-electron chi connectivity index (χ3n) is 7.62. The van der Waals surface area contributed by atoms with Crippen molar-refractivity contribution in [1.29, 1.82) is 0 Å². The number of piperidine rings is 1. The quantitative estimate of drug-likeness (QED) is 0.280. The number of aryl methyl sites for hydroxylation is 2. The van der Waals surface area contributed by atoms with Gasteiger partial charge in [-0.1, -0.05) is 50.7 Å². The predicted octanol–water partition coefficient (Wildman–Crippen LogP) is 7.95. The first-order chi connectivity index (χ1) is 18.4. The number of benzene rings is 2. The molecule has 0 atom stereocenters. The number of ether oxygens (including phenoxy) is 1. The van der Waals surface area contributed by atoms with Crippen LogP contribution in [0, 0.1) is 18.7 Å². The van der Waals surface area contributed by atoms with E-state index in [1.54, 1.807) is 11.8 Å². The number of carbonyl (C=O) groups is 1. The number of hydrogen-bond acceptors (Lipinski definition) is 4. The molecule has 1 aromatic heterocycles. The second kappa shape index (κ2) is 11.7. The lowest BCUT2D eigenvalue weighted by molar-refractivity contribution is 0.0191. The molecule has 0 spiro atoms. The Hall–Kier alpha value is -2.80. The maximum absolute atomic E-state index is 13.9. The normalized spacial score (nSPS) is 15.0. The van der Waals surface area contributed by atoms with Crippen LogP contribution >= 0.6 is 11.8 Å². The standard InChI is InChI=1S/C32H42FN3O2S/c1-8-24-19-25(10-9-22(24)2)32(6,7)28-20-34-29(36(28)27-13-11-26(33)12-14-27)39-21-23-15-17-35(18-16-23)30(37)38-31(3,4)5/h9-14,19-20,23H,8,15-18,21H2,1-7H3. The van der Waals surface area contributed by atoms with Crippen molar-refractivity contribution in [1.82, 2.24) is 14.5 Å². The lowest BCUT2D eigenvalue weighted by Crippen LogP contribution is -2.42. The Morgan fingerprint density at radius 1 is 1.08 bits per heavy atom. The molecule has 2 aromatic carbocycles. The molecule has 5 nitrogen and oxygen atoms in total. The first-order valence-corrected chi connectivity index (χ1v) is 14.9. The molecule has 0 radical (unpaired) electrons. The topological polar surface area (TPSA) is 47.4 Å². The van der Waals surface area contributed by atoms with E-state index in [-0.39, 0.29) is 17.3 Å². The van der Waals surface area contributed by atoms with Gasteiger partial charge < -0.3 is 9.64 Å². The zero-order chi connectivity index (χ0) is 28.4. The number of imidazole rings is 1. The predicted molar refractivity (Wildman–Crippen MR) is 157 cm³/mol. The second-order valence-corrected chi connectivity index (χ2v) is 13.1. The number of hydrogen-bond donors (Lipinski definition) is 0. The van der Waals surface area contributed by atoms with Crippen molar-refractivity contribution in [3.63, 3.8) is 0 Å². The van der Waals surface area contributed by atoms with Crippen LogP contribution in [0.15, 0.2) is 53.8 Å². The van der Waals surface area contributed by atoms with Crippen LogP contribution in [0.3, 0.4) is 0 Å². The minimum Gasteiger partial charge on any atom is -0.444 e. The van der Waals surface area contributed by atoms with E-state index >= 15 is 0 Å². The van der Waals surface area contributed by atoms with Crippen LogP contribution in [0.4, 0.5) is 9.18 Å². The molecule has 1 aliphatic heterocycles. The third-order valence-corrected chi connectivity index (χ3v) is 8.80. The highest BCUT2D eigenvalue weighted by Crippen LogP contribution is 2.37. The molecule has 7 heteroatoms. The molecule has 1 saturated heterocycles.